The largest absolute Gasteiger partial charge is 0.481 e. The normalized spacial score (nSPS) is 20.3. The summed E-state index contributed by atoms with van der Waals surface area (Å²) in [6.07, 6.45) is 2.02. The molecule has 0 amide bonds. The predicted molar refractivity (Wildman–Crippen MR) is 99.3 cm³/mol. The molecule has 0 saturated carbocycles. The van der Waals surface area contributed by atoms with Crippen molar-refractivity contribution in [2.45, 2.75) is 57.8 Å². The lowest BCUT2D eigenvalue weighted by atomic mass is 9.71. The molecule has 1 heterocycles. The van der Waals surface area contributed by atoms with E-state index in [2.05, 4.69) is 16.1 Å². The molecular formula is C17H30N4O7. The van der Waals surface area contributed by atoms with Gasteiger partial charge in [0.2, 0.25) is 0 Å². The molecular weight excluding hydrogens is 372 g/mol. The fourth-order valence-electron chi connectivity index (χ4n) is 3.31. The van der Waals surface area contributed by atoms with Crippen molar-refractivity contribution in [3.63, 3.8) is 0 Å². The molecule has 0 radical (unpaired) electrons. The Morgan fingerprint density at radius 3 is 2.21 bits per heavy atom. The van der Waals surface area contributed by atoms with Crippen LogP contribution in [0.25, 0.3) is 0 Å². The molecule has 0 saturated heterocycles. The average Bonchev–Trinajstić information content (AvgIpc) is 2.58. The van der Waals surface area contributed by atoms with Gasteiger partial charge in [0.15, 0.2) is 0 Å². The summed E-state index contributed by atoms with van der Waals surface area (Å²) < 4.78 is 0. The number of carboxylic acids is 3. The molecule has 6 N–H and O–H groups in total. The summed E-state index contributed by atoms with van der Waals surface area (Å²) >= 11 is 0. The van der Waals surface area contributed by atoms with E-state index >= 15 is 0 Å². The van der Waals surface area contributed by atoms with E-state index in [4.69, 9.17) is 5.11 Å². The van der Waals surface area contributed by atoms with Crippen molar-refractivity contribution in [3.8, 4) is 0 Å². The van der Waals surface area contributed by atoms with Crippen molar-refractivity contribution in [3.05, 3.63) is 0 Å². The monoisotopic (exact) mass is 402 g/mol. The third-order valence-corrected chi connectivity index (χ3v) is 4.59. The molecule has 1 rings (SSSR count). The molecule has 1 aliphatic heterocycles. The van der Waals surface area contributed by atoms with Crippen molar-refractivity contribution in [1.29, 1.82) is 0 Å². The standard InChI is InChI=1S/C17H30N4O7/c22-9-5-8-21-19-13(10-14(23)24)17(11-15(25)26,12-16(27)28)6-3-1-2-4-7-18-20-21/h18,20,22H,1-12H2,(H,23,24)(H,25,26)(H,27,28)/b19-13-. The molecule has 0 fully saturated rings. The van der Waals surface area contributed by atoms with E-state index in [9.17, 15) is 29.7 Å². The Kier molecular flexibility index (Phi) is 10.4. The lowest BCUT2D eigenvalue weighted by Crippen LogP contribution is -2.47. The maximum atomic E-state index is 11.5. The van der Waals surface area contributed by atoms with E-state index < -0.39 is 42.6 Å². The van der Waals surface area contributed by atoms with Crippen molar-refractivity contribution in [1.82, 2.24) is 16.1 Å². The zero-order valence-corrected chi connectivity index (χ0v) is 15.9. The van der Waals surface area contributed by atoms with Gasteiger partial charge in [-0.1, -0.05) is 19.3 Å². The van der Waals surface area contributed by atoms with Gasteiger partial charge in [0.1, 0.15) is 0 Å². The third kappa shape index (κ3) is 8.63. The summed E-state index contributed by atoms with van der Waals surface area (Å²) in [6.45, 7) is 0.759. The van der Waals surface area contributed by atoms with Crippen LogP contribution in [0, 0.1) is 5.41 Å². The van der Waals surface area contributed by atoms with Crippen LogP contribution < -0.4 is 11.0 Å². The molecule has 28 heavy (non-hydrogen) atoms. The van der Waals surface area contributed by atoms with E-state index in [1.165, 1.54) is 5.12 Å². The quantitative estimate of drug-likeness (QED) is 0.317. The van der Waals surface area contributed by atoms with Crippen molar-refractivity contribution in [2.75, 3.05) is 19.7 Å². The molecule has 11 nitrogen and oxygen atoms in total. The van der Waals surface area contributed by atoms with Crippen molar-refractivity contribution >= 4 is 23.6 Å². The molecule has 0 aliphatic carbocycles. The second-order valence-electron chi connectivity index (χ2n) is 6.94. The molecule has 1 aliphatic rings. The maximum absolute atomic E-state index is 11.5. The van der Waals surface area contributed by atoms with E-state index in [1.54, 1.807) is 0 Å². The molecule has 0 aromatic rings. The second kappa shape index (κ2) is 12.3. The van der Waals surface area contributed by atoms with Crippen LogP contribution in [0.3, 0.4) is 0 Å². The van der Waals surface area contributed by atoms with Crippen LogP contribution in [-0.2, 0) is 14.4 Å². The highest BCUT2D eigenvalue weighted by atomic mass is 16.4. The van der Waals surface area contributed by atoms with E-state index in [0.717, 1.165) is 19.3 Å². The first-order valence-electron chi connectivity index (χ1n) is 9.39. The highest BCUT2D eigenvalue weighted by Crippen LogP contribution is 2.37. The molecule has 0 bridgehead atoms. The van der Waals surface area contributed by atoms with Crippen LogP contribution in [0.4, 0.5) is 0 Å². The fourth-order valence-corrected chi connectivity index (χ4v) is 3.31. The number of carbonyl (C=O) groups is 3. The number of hydrazone groups is 1. The number of hydrogen-bond acceptors (Lipinski definition) is 8. The summed E-state index contributed by atoms with van der Waals surface area (Å²) in [5, 5.41) is 42.9. The Balaban J connectivity index is 3.41. The Labute approximate surface area is 163 Å². The van der Waals surface area contributed by atoms with E-state index in [0.29, 0.717) is 19.4 Å². The van der Waals surface area contributed by atoms with Crippen LogP contribution >= 0.6 is 0 Å². The summed E-state index contributed by atoms with van der Waals surface area (Å²) in [5.74, 6) is -3.64. The topological polar surface area (TPSA) is 172 Å². The SMILES string of the molecule is O=C(O)C/C1=N/N(CCCO)NNCCCCCCC1(CC(=O)O)CC(=O)O. The number of aliphatic hydroxyl groups excluding tert-OH is 1. The Morgan fingerprint density at radius 2 is 1.64 bits per heavy atom. The van der Waals surface area contributed by atoms with Gasteiger partial charge >= 0.3 is 17.9 Å². The Hall–Kier alpha value is -2.24. The molecule has 0 atom stereocenters. The summed E-state index contributed by atoms with van der Waals surface area (Å²) in [7, 11) is 0. The number of aliphatic carboxylic acids is 3. The fraction of sp³-hybridized carbons (Fsp3) is 0.765. The summed E-state index contributed by atoms with van der Waals surface area (Å²) in [4.78, 5) is 34.5. The number of hydrazine groups is 2. The first-order chi connectivity index (χ1) is 13.3. The van der Waals surface area contributed by atoms with E-state index in [-0.39, 0.29) is 25.3 Å². The minimum absolute atomic E-state index is 0.00221. The van der Waals surface area contributed by atoms with Crippen molar-refractivity contribution < 1.29 is 34.8 Å². The zero-order valence-electron chi connectivity index (χ0n) is 15.9. The van der Waals surface area contributed by atoms with Gasteiger partial charge in [-0.25, -0.2) is 10.5 Å². The molecule has 0 aromatic carbocycles. The van der Waals surface area contributed by atoms with Gasteiger partial charge in [0.25, 0.3) is 0 Å². The average molecular weight is 402 g/mol. The summed E-state index contributed by atoms with van der Waals surface area (Å²) in [5.41, 5.74) is 4.36. The van der Waals surface area contributed by atoms with Gasteiger partial charge in [-0.2, -0.15) is 10.6 Å². The van der Waals surface area contributed by atoms with Gasteiger partial charge < -0.3 is 20.4 Å². The van der Waals surface area contributed by atoms with E-state index in [1.807, 2.05) is 0 Å². The van der Waals surface area contributed by atoms with Gasteiger partial charge in [0, 0.05) is 18.6 Å². The summed E-state index contributed by atoms with van der Waals surface area (Å²) in [6, 6.07) is 0. The Bertz CT molecular complexity index is 552. The third-order valence-electron chi connectivity index (χ3n) is 4.59. The predicted octanol–water partition coefficient (Wildman–Crippen LogP) is 0.411. The van der Waals surface area contributed by atoms with Crippen LogP contribution in [0.5, 0.6) is 0 Å². The van der Waals surface area contributed by atoms with Gasteiger partial charge in [0.05, 0.1) is 31.5 Å². The lowest BCUT2D eigenvalue weighted by molar-refractivity contribution is -0.143. The maximum Gasteiger partial charge on any atom is 0.309 e. The number of rotatable bonds is 9. The van der Waals surface area contributed by atoms with Crippen molar-refractivity contribution in [2.24, 2.45) is 10.5 Å². The second-order valence-corrected chi connectivity index (χ2v) is 6.94. The molecule has 0 spiro atoms. The minimum Gasteiger partial charge on any atom is -0.481 e. The van der Waals surface area contributed by atoms with Crippen LogP contribution in [0.15, 0.2) is 5.10 Å². The number of aliphatic hydroxyl groups is 1. The molecule has 160 valence electrons. The molecule has 0 aromatic heterocycles. The minimum atomic E-state index is -1.41. The molecule has 0 unspecified atom stereocenters. The van der Waals surface area contributed by atoms with Gasteiger partial charge in [-0.3, -0.25) is 14.4 Å². The number of nitrogens with one attached hydrogen (secondary N) is 2. The number of carboxylic acid groups (broad SMARTS) is 3. The lowest BCUT2D eigenvalue weighted by Gasteiger charge is -2.34. The highest BCUT2D eigenvalue weighted by molar-refractivity contribution is 6.04. The smallest absolute Gasteiger partial charge is 0.309 e. The van der Waals surface area contributed by atoms with Crippen LogP contribution in [0.2, 0.25) is 0 Å². The highest BCUT2D eigenvalue weighted by Gasteiger charge is 2.41. The molecule has 11 heteroatoms. The first-order valence-corrected chi connectivity index (χ1v) is 9.39. The van der Waals surface area contributed by atoms with Gasteiger partial charge in [-0.15, -0.1) is 0 Å². The van der Waals surface area contributed by atoms with Gasteiger partial charge in [-0.05, 0) is 19.3 Å². The van der Waals surface area contributed by atoms with Crippen LogP contribution in [-0.4, -0.2) is 68.9 Å². The Morgan fingerprint density at radius 1 is 1.00 bits per heavy atom. The first kappa shape index (κ1) is 23.8. The van der Waals surface area contributed by atoms with Crippen LogP contribution in [0.1, 0.15) is 57.8 Å². The zero-order chi connectivity index (χ0) is 21.0. The number of hydrogen-bond donors (Lipinski definition) is 6. The number of nitrogens with zero attached hydrogens (tertiary/aromatic N) is 2.